The first-order valence-corrected chi connectivity index (χ1v) is 12.1. The van der Waals surface area contributed by atoms with Gasteiger partial charge in [0.1, 0.15) is 11.7 Å². The predicted molar refractivity (Wildman–Crippen MR) is 143 cm³/mol. The summed E-state index contributed by atoms with van der Waals surface area (Å²) in [5.74, 6) is 0.557. The molecule has 5 rings (SSSR count). The summed E-state index contributed by atoms with van der Waals surface area (Å²) in [5, 5.41) is 7.33. The minimum Gasteiger partial charge on any atom is -0.368 e. The number of amides is 2. The van der Waals surface area contributed by atoms with Gasteiger partial charge < -0.3 is 16.4 Å². The third kappa shape index (κ3) is 4.65. The van der Waals surface area contributed by atoms with E-state index in [2.05, 4.69) is 20.6 Å². The Hall–Kier alpha value is -3.88. The molecule has 2 amide bonds. The number of primary amides is 1. The largest absolute Gasteiger partial charge is 0.368 e. The third-order valence-corrected chi connectivity index (χ3v) is 6.53. The summed E-state index contributed by atoms with van der Waals surface area (Å²) >= 11 is 13.3. The number of nitrogens with zero attached hydrogens (tertiary/aromatic N) is 3. The van der Waals surface area contributed by atoms with E-state index in [9.17, 15) is 9.59 Å². The van der Waals surface area contributed by atoms with Crippen molar-refractivity contribution in [2.75, 3.05) is 31.1 Å². The number of carbonyl (C=O) groups is 2. The van der Waals surface area contributed by atoms with Crippen molar-refractivity contribution in [3.05, 3.63) is 93.0 Å². The lowest BCUT2D eigenvalue weighted by molar-refractivity contribution is 0.0988. The van der Waals surface area contributed by atoms with Crippen LogP contribution < -0.4 is 21.3 Å². The van der Waals surface area contributed by atoms with Crippen LogP contribution in [0.2, 0.25) is 10.0 Å². The van der Waals surface area contributed by atoms with Crippen LogP contribution in [0.25, 0.3) is 0 Å². The number of halogens is 2. The molecule has 0 aromatic heterocycles. The van der Waals surface area contributed by atoms with Crippen molar-refractivity contribution in [1.29, 1.82) is 0 Å². The standard InChI is InChI=1S/C26H22Cl2N6O2/c27-21-13-17(5-7-19(21)24-30-9-10-31-24)34(26(36)16-3-1-15(2-4-16)23(29)35)18-6-8-20(22(28)14-18)25-32-11-12-33-25/h1-8,13-14H,9-12H2,(H2,29,35)(H,30,31)(H,32,33). The number of aliphatic imine (C=N–C) groups is 2. The number of hydrogen-bond acceptors (Lipinski definition) is 6. The van der Waals surface area contributed by atoms with Crippen molar-refractivity contribution >= 4 is 58.1 Å². The second-order valence-corrected chi connectivity index (χ2v) is 9.04. The molecule has 0 unspecified atom stereocenters. The molecule has 0 atom stereocenters. The number of nitrogens with two attached hydrogens (primary N) is 1. The quantitative estimate of drug-likeness (QED) is 0.459. The lowest BCUT2D eigenvalue weighted by Gasteiger charge is -2.25. The Morgan fingerprint density at radius 1 is 0.750 bits per heavy atom. The van der Waals surface area contributed by atoms with Gasteiger partial charge in [0.2, 0.25) is 5.91 Å². The zero-order valence-corrected chi connectivity index (χ0v) is 20.6. The van der Waals surface area contributed by atoms with E-state index in [0.29, 0.717) is 45.6 Å². The van der Waals surface area contributed by atoms with Crippen molar-refractivity contribution in [3.8, 4) is 0 Å². The molecular formula is C26H22Cl2N6O2. The third-order valence-electron chi connectivity index (χ3n) is 5.90. The summed E-state index contributed by atoms with van der Waals surface area (Å²) < 4.78 is 0. The number of hydrogen-bond donors (Lipinski definition) is 3. The molecule has 2 heterocycles. The second-order valence-electron chi connectivity index (χ2n) is 8.22. The first-order valence-electron chi connectivity index (χ1n) is 11.3. The molecular weight excluding hydrogens is 499 g/mol. The number of anilines is 2. The SMILES string of the molecule is NC(=O)c1ccc(C(=O)N(c2ccc(C3=NCCN3)c(Cl)c2)c2ccc(C3=NCCN3)c(Cl)c2)cc1. The van der Waals surface area contributed by atoms with E-state index < -0.39 is 5.91 Å². The van der Waals surface area contributed by atoms with Crippen LogP contribution in [0.4, 0.5) is 11.4 Å². The number of carbonyl (C=O) groups excluding carboxylic acids is 2. The molecule has 4 N–H and O–H groups in total. The molecule has 0 radical (unpaired) electrons. The van der Waals surface area contributed by atoms with Gasteiger partial charge in [0.25, 0.3) is 5.91 Å². The van der Waals surface area contributed by atoms with Gasteiger partial charge in [-0.2, -0.15) is 0 Å². The molecule has 3 aromatic rings. The van der Waals surface area contributed by atoms with Gasteiger partial charge in [-0.25, -0.2) is 0 Å². The maximum atomic E-state index is 13.8. The number of nitrogens with one attached hydrogen (secondary N) is 2. The zero-order chi connectivity index (χ0) is 25.2. The fourth-order valence-corrected chi connectivity index (χ4v) is 4.65. The minimum atomic E-state index is -0.567. The maximum Gasteiger partial charge on any atom is 0.262 e. The molecule has 0 aliphatic carbocycles. The van der Waals surface area contributed by atoms with Gasteiger partial charge >= 0.3 is 0 Å². The minimum absolute atomic E-state index is 0.313. The van der Waals surface area contributed by atoms with Crippen LogP contribution in [-0.2, 0) is 0 Å². The monoisotopic (exact) mass is 520 g/mol. The van der Waals surface area contributed by atoms with Crippen molar-refractivity contribution in [3.63, 3.8) is 0 Å². The first-order chi connectivity index (χ1) is 17.4. The molecule has 36 heavy (non-hydrogen) atoms. The van der Waals surface area contributed by atoms with E-state index in [0.717, 1.165) is 35.9 Å². The molecule has 2 aliphatic rings. The summed E-state index contributed by atoms with van der Waals surface area (Å²) in [6, 6.07) is 16.9. The molecule has 2 aliphatic heterocycles. The van der Waals surface area contributed by atoms with Crippen LogP contribution in [0.3, 0.4) is 0 Å². The van der Waals surface area contributed by atoms with E-state index in [1.165, 1.54) is 17.0 Å². The molecule has 8 nitrogen and oxygen atoms in total. The van der Waals surface area contributed by atoms with E-state index in [1.807, 2.05) is 24.3 Å². The Kier molecular flexibility index (Phi) is 6.63. The number of amidine groups is 2. The Bertz CT molecular complexity index is 1340. The highest BCUT2D eigenvalue weighted by molar-refractivity contribution is 6.35. The zero-order valence-electron chi connectivity index (χ0n) is 19.1. The van der Waals surface area contributed by atoms with Crippen LogP contribution in [0.1, 0.15) is 31.8 Å². The van der Waals surface area contributed by atoms with Crippen LogP contribution in [0, 0.1) is 0 Å². The molecule has 0 saturated heterocycles. The first kappa shape index (κ1) is 23.8. The highest BCUT2D eigenvalue weighted by Gasteiger charge is 2.24. The van der Waals surface area contributed by atoms with E-state index >= 15 is 0 Å². The summed E-state index contributed by atoms with van der Waals surface area (Å²) in [4.78, 5) is 35.7. The number of benzene rings is 3. The van der Waals surface area contributed by atoms with Gasteiger partial charge in [-0.05, 0) is 60.7 Å². The van der Waals surface area contributed by atoms with E-state index in [1.54, 1.807) is 24.3 Å². The smallest absolute Gasteiger partial charge is 0.262 e. The lowest BCUT2D eigenvalue weighted by Crippen LogP contribution is -2.27. The lowest BCUT2D eigenvalue weighted by atomic mass is 10.1. The second kappa shape index (κ2) is 10.0. The van der Waals surface area contributed by atoms with E-state index in [-0.39, 0.29) is 5.91 Å². The van der Waals surface area contributed by atoms with E-state index in [4.69, 9.17) is 28.9 Å². The van der Waals surface area contributed by atoms with Crippen LogP contribution in [0.15, 0.2) is 70.6 Å². The fraction of sp³-hybridized carbons (Fsp3) is 0.154. The van der Waals surface area contributed by atoms with Gasteiger partial charge in [0.15, 0.2) is 0 Å². The predicted octanol–water partition coefficient (Wildman–Crippen LogP) is 3.77. The van der Waals surface area contributed by atoms with Gasteiger partial charge in [-0.1, -0.05) is 23.2 Å². The molecule has 10 heteroatoms. The fourth-order valence-electron chi connectivity index (χ4n) is 4.12. The molecule has 0 saturated carbocycles. The summed E-state index contributed by atoms with van der Waals surface area (Å²) in [7, 11) is 0. The average Bonchev–Trinajstić information content (AvgIpc) is 3.59. The number of rotatable bonds is 6. The Labute approximate surface area is 217 Å². The summed E-state index contributed by atoms with van der Waals surface area (Å²) in [5.41, 5.74) is 8.64. The van der Waals surface area contributed by atoms with Gasteiger partial charge in [0.05, 0.1) is 34.5 Å². The van der Waals surface area contributed by atoms with Crippen LogP contribution in [-0.4, -0.2) is 49.7 Å². The van der Waals surface area contributed by atoms with Gasteiger partial charge in [-0.15, -0.1) is 0 Å². The van der Waals surface area contributed by atoms with Crippen molar-refractivity contribution in [2.24, 2.45) is 15.7 Å². The van der Waals surface area contributed by atoms with Crippen molar-refractivity contribution < 1.29 is 9.59 Å². The normalized spacial score (nSPS) is 14.5. The van der Waals surface area contributed by atoms with Gasteiger partial charge in [-0.3, -0.25) is 24.5 Å². The maximum absolute atomic E-state index is 13.8. The van der Waals surface area contributed by atoms with Crippen LogP contribution in [0.5, 0.6) is 0 Å². The Morgan fingerprint density at radius 2 is 1.22 bits per heavy atom. The molecule has 0 bridgehead atoms. The van der Waals surface area contributed by atoms with Gasteiger partial charge in [0, 0.05) is 35.3 Å². The molecule has 0 fully saturated rings. The highest BCUT2D eigenvalue weighted by Crippen LogP contribution is 2.34. The molecule has 3 aromatic carbocycles. The van der Waals surface area contributed by atoms with Crippen molar-refractivity contribution in [2.45, 2.75) is 0 Å². The molecule has 182 valence electrons. The average molecular weight is 521 g/mol. The highest BCUT2D eigenvalue weighted by atomic mass is 35.5. The Balaban J connectivity index is 1.57. The topological polar surface area (TPSA) is 112 Å². The summed E-state index contributed by atoms with van der Waals surface area (Å²) in [6.07, 6.45) is 0. The summed E-state index contributed by atoms with van der Waals surface area (Å²) in [6.45, 7) is 2.88. The van der Waals surface area contributed by atoms with Crippen molar-refractivity contribution in [1.82, 2.24) is 10.6 Å². The van der Waals surface area contributed by atoms with Crippen LogP contribution >= 0.6 is 23.2 Å². The molecule has 0 spiro atoms. The Morgan fingerprint density at radius 3 is 1.61 bits per heavy atom.